The fourth-order valence-corrected chi connectivity index (χ4v) is 1.44. The highest BCUT2D eigenvalue weighted by atomic mass is 19.4. The highest BCUT2D eigenvalue weighted by molar-refractivity contribution is 5.85. The molecule has 1 rings (SSSR count). The maximum atomic E-state index is 12.1. The van der Waals surface area contributed by atoms with Gasteiger partial charge in [0, 0.05) is 17.8 Å². The second-order valence-corrected chi connectivity index (χ2v) is 3.72. The molecule has 1 aliphatic rings. The Morgan fingerprint density at radius 1 is 1.50 bits per heavy atom. The third-order valence-corrected chi connectivity index (χ3v) is 2.36. The quantitative estimate of drug-likeness (QED) is 0.630. The van der Waals surface area contributed by atoms with Crippen molar-refractivity contribution in [3.8, 4) is 0 Å². The molecular formula is C9H13F3N2. The molecule has 2 unspecified atom stereocenters. The molecule has 0 spiro atoms. The molecule has 5 heteroatoms. The van der Waals surface area contributed by atoms with E-state index in [-0.39, 0.29) is 5.92 Å². The van der Waals surface area contributed by atoms with Crippen LogP contribution in [0.5, 0.6) is 0 Å². The van der Waals surface area contributed by atoms with Crippen molar-refractivity contribution in [3.05, 3.63) is 0 Å². The highest BCUT2D eigenvalue weighted by Crippen LogP contribution is 2.28. The highest BCUT2D eigenvalue weighted by Gasteiger charge is 2.32. The Hall–Kier alpha value is -0.870. The van der Waals surface area contributed by atoms with E-state index in [0.29, 0.717) is 6.42 Å². The zero-order valence-corrected chi connectivity index (χ0v) is 8.17. The maximum Gasteiger partial charge on any atom is 0.389 e. The van der Waals surface area contributed by atoms with Crippen LogP contribution in [0.3, 0.4) is 0 Å². The summed E-state index contributed by atoms with van der Waals surface area (Å²) in [7, 11) is 0. The average Bonchev–Trinajstić information content (AvgIpc) is 2.12. The summed E-state index contributed by atoms with van der Waals surface area (Å²) >= 11 is 0. The lowest BCUT2D eigenvalue weighted by molar-refractivity contribution is -0.140. The average molecular weight is 206 g/mol. The Bertz CT molecular complexity index is 255. The second-order valence-electron chi connectivity index (χ2n) is 3.72. The fraction of sp³-hybridized carbons (Fsp3) is 0.778. The summed E-state index contributed by atoms with van der Waals surface area (Å²) in [4.78, 5) is 0. The standard InChI is InChI=1S/C9H13F3N2/c1-6-3-8(4-9(10,11)12)5-13-14-7(6)2/h5-6,8H,3-4H2,1-2H3. The van der Waals surface area contributed by atoms with Crippen LogP contribution in [0.25, 0.3) is 0 Å². The first kappa shape index (κ1) is 11.2. The van der Waals surface area contributed by atoms with E-state index >= 15 is 0 Å². The molecule has 0 aromatic rings. The first-order valence-corrected chi connectivity index (χ1v) is 4.53. The summed E-state index contributed by atoms with van der Waals surface area (Å²) in [5, 5.41) is 7.43. The predicted octanol–water partition coefficient (Wildman–Crippen LogP) is 3.04. The van der Waals surface area contributed by atoms with E-state index in [1.54, 1.807) is 6.92 Å². The molecule has 2 nitrogen and oxygen atoms in total. The molecule has 1 heterocycles. The van der Waals surface area contributed by atoms with Gasteiger partial charge < -0.3 is 0 Å². The molecule has 0 aliphatic carbocycles. The summed E-state index contributed by atoms with van der Waals surface area (Å²) in [6, 6.07) is 0. The van der Waals surface area contributed by atoms with Crippen molar-refractivity contribution >= 4 is 11.9 Å². The molecule has 0 aromatic carbocycles. The van der Waals surface area contributed by atoms with Crippen molar-refractivity contribution < 1.29 is 13.2 Å². The molecule has 14 heavy (non-hydrogen) atoms. The Balaban J connectivity index is 2.59. The van der Waals surface area contributed by atoms with Crippen LogP contribution in [0, 0.1) is 11.8 Å². The lowest BCUT2D eigenvalue weighted by Gasteiger charge is -2.16. The zero-order valence-electron chi connectivity index (χ0n) is 8.17. The summed E-state index contributed by atoms with van der Waals surface area (Å²) in [6.45, 7) is 3.66. The smallest absolute Gasteiger partial charge is 0.171 e. The summed E-state index contributed by atoms with van der Waals surface area (Å²) in [6.07, 6.45) is -3.14. The summed E-state index contributed by atoms with van der Waals surface area (Å²) in [5.41, 5.74) is 0.797. The van der Waals surface area contributed by atoms with Gasteiger partial charge in [0.1, 0.15) is 0 Å². The van der Waals surface area contributed by atoms with E-state index in [2.05, 4.69) is 10.2 Å². The van der Waals surface area contributed by atoms with Crippen molar-refractivity contribution in [2.24, 2.45) is 22.0 Å². The number of rotatable bonds is 1. The van der Waals surface area contributed by atoms with Gasteiger partial charge in [0.25, 0.3) is 0 Å². The maximum absolute atomic E-state index is 12.1. The van der Waals surface area contributed by atoms with E-state index in [9.17, 15) is 13.2 Å². The number of alkyl halides is 3. The molecule has 2 atom stereocenters. The number of hydrogen-bond acceptors (Lipinski definition) is 2. The van der Waals surface area contributed by atoms with Gasteiger partial charge in [-0.1, -0.05) is 6.92 Å². The number of nitrogens with zero attached hydrogens (tertiary/aromatic N) is 2. The minimum Gasteiger partial charge on any atom is -0.171 e. The molecule has 0 aromatic heterocycles. The summed E-state index contributed by atoms with van der Waals surface area (Å²) in [5.74, 6) is -0.462. The molecule has 0 N–H and O–H groups in total. The van der Waals surface area contributed by atoms with Gasteiger partial charge >= 0.3 is 6.18 Å². The first-order chi connectivity index (χ1) is 6.38. The zero-order chi connectivity index (χ0) is 10.8. The van der Waals surface area contributed by atoms with Crippen LogP contribution in [0.4, 0.5) is 13.2 Å². The third kappa shape index (κ3) is 3.47. The van der Waals surface area contributed by atoms with E-state index in [1.807, 2.05) is 6.92 Å². The van der Waals surface area contributed by atoms with Crippen molar-refractivity contribution in [1.82, 2.24) is 0 Å². The van der Waals surface area contributed by atoms with Crippen LogP contribution < -0.4 is 0 Å². The van der Waals surface area contributed by atoms with Crippen molar-refractivity contribution in [1.29, 1.82) is 0 Å². The van der Waals surface area contributed by atoms with E-state index in [0.717, 1.165) is 5.71 Å². The molecule has 0 radical (unpaired) electrons. The summed E-state index contributed by atoms with van der Waals surface area (Å²) < 4.78 is 36.3. The van der Waals surface area contributed by atoms with Crippen LogP contribution in [-0.2, 0) is 0 Å². The van der Waals surface area contributed by atoms with Gasteiger partial charge in [-0.3, -0.25) is 0 Å². The van der Waals surface area contributed by atoms with Gasteiger partial charge in [0.15, 0.2) is 0 Å². The van der Waals surface area contributed by atoms with Gasteiger partial charge in [-0.25, -0.2) is 0 Å². The Morgan fingerprint density at radius 2 is 2.14 bits per heavy atom. The van der Waals surface area contributed by atoms with Crippen molar-refractivity contribution in [2.45, 2.75) is 32.9 Å². The van der Waals surface area contributed by atoms with Gasteiger partial charge in [-0.2, -0.15) is 23.4 Å². The number of halogens is 3. The Morgan fingerprint density at radius 3 is 2.71 bits per heavy atom. The Kier molecular flexibility index (Phi) is 3.29. The largest absolute Gasteiger partial charge is 0.389 e. The van der Waals surface area contributed by atoms with Crippen LogP contribution in [0.2, 0.25) is 0 Å². The molecule has 80 valence electrons. The Labute approximate surface area is 80.9 Å². The van der Waals surface area contributed by atoms with Crippen LogP contribution in [0.1, 0.15) is 26.7 Å². The molecule has 0 bridgehead atoms. The second kappa shape index (κ2) is 4.11. The van der Waals surface area contributed by atoms with Gasteiger partial charge in [-0.15, -0.1) is 0 Å². The minimum atomic E-state index is -4.12. The van der Waals surface area contributed by atoms with Crippen LogP contribution in [-0.4, -0.2) is 18.1 Å². The van der Waals surface area contributed by atoms with E-state index in [1.165, 1.54) is 6.21 Å². The normalized spacial score (nSPS) is 28.5. The molecule has 0 fully saturated rings. The van der Waals surface area contributed by atoms with Gasteiger partial charge in [0.05, 0.1) is 6.42 Å². The van der Waals surface area contributed by atoms with Gasteiger partial charge in [0.2, 0.25) is 0 Å². The van der Waals surface area contributed by atoms with Crippen LogP contribution >= 0.6 is 0 Å². The molecule has 0 amide bonds. The monoisotopic (exact) mass is 206 g/mol. The van der Waals surface area contributed by atoms with E-state index < -0.39 is 18.5 Å². The fourth-order valence-electron chi connectivity index (χ4n) is 1.44. The first-order valence-electron chi connectivity index (χ1n) is 4.53. The molecular weight excluding hydrogens is 193 g/mol. The predicted molar refractivity (Wildman–Crippen MR) is 49.5 cm³/mol. The lowest BCUT2D eigenvalue weighted by Crippen LogP contribution is -2.19. The molecule has 0 saturated heterocycles. The van der Waals surface area contributed by atoms with Gasteiger partial charge in [-0.05, 0) is 19.3 Å². The van der Waals surface area contributed by atoms with Crippen LogP contribution in [0.15, 0.2) is 10.2 Å². The van der Waals surface area contributed by atoms with Crippen molar-refractivity contribution in [3.63, 3.8) is 0 Å². The topological polar surface area (TPSA) is 24.7 Å². The SMILES string of the molecule is CC1=NN=CC(CC(F)(F)F)CC1C. The van der Waals surface area contributed by atoms with Crippen molar-refractivity contribution in [2.75, 3.05) is 0 Å². The molecule has 1 aliphatic heterocycles. The lowest BCUT2D eigenvalue weighted by atomic mass is 9.91. The molecule has 0 saturated carbocycles. The third-order valence-electron chi connectivity index (χ3n) is 2.36. The minimum absolute atomic E-state index is 0.0739. The number of hydrogen-bond donors (Lipinski definition) is 0. The van der Waals surface area contributed by atoms with E-state index in [4.69, 9.17) is 0 Å².